The smallest absolute Gasteiger partial charge is 0.287 e. The van der Waals surface area contributed by atoms with Crippen LogP contribution in [-0.2, 0) is 6.54 Å². The molecule has 1 amide bonds. The summed E-state index contributed by atoms with van der Waals surface area (Å²) >= 11 is 0. The van der Waals surface area contributed by atoms with Crippen molar-refractivity contribution in [2.24, 2.45) is 0 Å². The molecule has 1 fully saturated rings. The van der Waals surface area contributed by atoms with Crippen molar-refractivity contribution in [3.05, 3.63) is 65.2 Å². The highest BCUT2D eigenvalue weighted by Crippen LogP contribution is 2.26. The molecular weight excluding hydrogens is 338 g/mol. The number of rotatable bonds is 4. The third-order valence-electron chi connectivity index (χ3n) is 5.33. The van der Waals surface area contributed by atoms with Gasteiger partial charge in [0.2, 0.25) is 0 Å². The molecule has 1 aliphatic rings. The fourth-order valence-electron chi connectivity index (χ4n) is 3.76. The molecular formula is C22H25N3O2. The number of furan rings is 1. The summed E-state index contributed by atoms with van der Waals surface area (Å²) in [6.45, 7) is 6.75. The Hall–Kier alpha value is -2.66. The fourth-order valence-corrected chi connectivity index (χ4v) is 3.76. The van der Waals surface area contributed by atoms with Crippen LogP contribution in [0.4, 0.5) is 0 Å². The summed E-state index contributed by atoms with van der Waals surface area (Å²) in [4.78, 5) is 19.5. The molecule has 0 spiro atoms. The van der Waals surface area contributed by atoms with Crippen LogP contribution in [0.1, 0.15) is 40.2 Å². The molecule has 0 atom stereocenters. The van der Waals surface area contributed by atoms with Crippen molar-refractivity contribution in [3.63, 3.8) is 0 Å². The Bertz CT molecular complexity index is 941. The van der Waals surface area contributed by atoms with Crippen LogP contribution >= 0.6 is 0 Å². The lowest BCUT2D eigenvalue weighted by Crippen LogP contribution is -2.44. The molecule has 0 bridgehead atoms. The molecule has 1 saturated heterocycles. The van der Waals surface area contributed by atoms with Crippen LogP contribution in [0.25, 0.3) is 11.0 Å². The van der Waals surface area contributed by atoms with Crippen molar-refractivity contribution in [2.75, 3.05) is 13.1 Å². The van der Waals surface area contributed by atoms with E-state index in [1.54, 1.807) is 0 Å². The molecule has 4 rings (SSSR count). The number of carbonyl (C=O) groups is 1. The lowest BCUT2D eigenvalue weighted by Gasteiger charge is -2.31. The molecule has 3 aromatic rings. The first-order valence-corrected chi connectivity index (χ1v) is 9.53. The Balaban J connectivity index is 1.36. The molecule has 0 saturated carbocycles. The molecule has 5 nitrogen and oxygen atoms in total. The van der Waals surface area contributed by atoms with Gasteiger partial charge in [0, 0.05) is 42.8 Å². The number of nitrogens with one attached hydrogen (secondary N) is 1. The number of piperidine rings is 1. The van der Waals surface area contributed by atoms with Crippen LogP contribution in [0.15, 0.2) is 47.0 Å². The van der Waals surface area contributed by atoms with Gasteiger partial charge in [-0.05, 0) is 50.5 Å². The van der Waals surface area contributed by atoms with Gasteiger partial charge in [-0.15, -0.1) is 0 Å². The summed E-state index contributed by atoms with van der Waals surface area (Å²) in [5.41, 5.74) is 3.91. The highest BCUT2D eigenvalue weighted by Gasteiger charge is 2.24. The normalized spacial score (nSPS) is 15.9. The number of amides is 1. The molecule has 0 radical (unpaired) electrons. The van der Waals surface area contributed by atoms with E-state index in [1.165, 1.54) is 0 Å². The zero-order chi connectivity index (χ0) is 18.8. The monoisotopic (exact) mass is 363 g/mol. The predicted octanol–water partition coefficient (Wildman–Crippen LogP) is 3.84. The fraction of sp³-hybridized carbons (Fsp3) is 0.364. The zero-order valence-electron chi connectivity index (χ0n) is 15.9. The second kappa shape index (κ2) is 7.53. The molecule has 140 valence electrons. The third-order valence-corrected chi connectivity index (χ3v) is 5.33. The standard InChI is InChI=1S/C22H25N3O2/c1-15-6-7-19-16(2)21(27-20(19)13-15)22(26)24-17-8-11-25(12-9-17)14-18-5-3-4-10-23-18/h3-7,10,13,17H,8-9,11-12,14H2,1-2H3,(H,24,26). The van der Waals surface area contributed by atoms with E-state index in [2.05, 4.69) is 21.3 Å². The maximum atomic E-state index is 12.7. The van der Waals surface area contributed by atoms with Crippen LogP contribution < -0.4 is 5.32 Å². The molecule has 2 aromatic heterocycles. The minimum Gasteiger partial charge on any atom is -0.451 e. The summed E-state index contributed by atoms with van der Waals surface area (Å²) in [7, 11) is 0. The van der Waals surface area contributed by atoms with Gasteiger partial charge < -0.3 is 9.73 Å². The first-order valence-electron chi connectivity index (χ1n) is 9.53. The van der Waals surface area contributed by atoms with Gasteiger partial charge in [0.1, 0.15) is 5.58 Å². The topological polar surface area (TPSA) is 58.4 Å². The van der Waals surface area contributed by atoms with Crippen LogP contribution in [0.3, 0.4) is 0 Å². The molecule has 0 aliphatic carbocycles. The van der Waals surface area contributed by atoms with Gasteiger partial charge in [-0.2, -0.15) is 0 Å². The number of benzene rings is 1. The molecule has 3 heterocycles. The number of aryl methyl sites for hydroxylation is 2. The second-order valence-corrected chi connectivity index (χ2v) is 7.40. The minimum absolute atomic E-state index is 0.107. The molecule has 1 aromatic carbocycles. The Morgan fingerprint density at radius 3 is 2.78 bits per heavy atom. The Morgan fingerprint density at radius 1 is 1.22 bits per heavy atom. The first-order chi connectivity index (χ1) is 13.1. The van der Waals surface area contributed by atoms with E-state index in [0.29, 0.717) is 5.76 Å². The number of nitrogens with zero attached hydrogens (tertiary/aromatic N) is 2. The van der Waals surface area contributed by atoms with E-state index < -0.39 is 0 Å². The molecule has 5 heteroatoms. The van der Waals surface area contributed by atoms with Crippen molar-refractivity contribution in [1.82, 2.24) is 15.2 Å². The molecule has 27 heavy (non-hydrogen) atoms. The van der Waals surface area contributed by atoms with Crippen LogP contribution in [0.5, 0.6) is 0 Å². The molecule has 0 unspecified atom stereocenters. The summed E-state index contributed by atoms with van der Waals surface area (Å²) in [5.74, 6) is 0.330. The van der Waals surface area contributed by atoms with Gasteiger partial charge >= 0.3 is 0 Å². The van der Waals surface area contributed by atoms with E-state index in [-0.39, 0.29) is 11.9 Å². The molecule has 1 aliphatic heterocycles. The van der Waals surface area contributed by atoms with E-state index in [0.717, 1.165) is 60.3 Å². The predicted molar refractivity (Wildman–Crippen MR) is 106 cm³/mol. The van der Waals surface area contributed by atoms with Crippen molar-refractivity contribution >= 4 is 16.9 Å². The largest absolute Gasteiger partial charge is 0.451 e. The highest BCUT2D eigenvalue weighted by atomic mass is 16.3. The van der Waals surface area contributed by atoms with Gasteiger partial charge in [0.25, 0.3) is 5.91 Å². The van der Waals surface area contributed by atoms with Crippen LogP contribution in [-0.4, -0.2) is 34.9 Å². The summed E-state index contributed by atoms with van der Waals surface area (Å²) in [5, 5.41) is 4.17. The number of carbonyl (C=O) groups excluding carboxylic acids is 1. The van der Waals surface area contributed by atoms with Gasteiger partial charge in [0.15, 0.2) is 5.76 Å². The second-order valence-electron chi connectivity index (χ2n) is 7.40. The lowest BCUT2D eigenvalue weighted by molar-refractivity contribution is 0.0882. The zero-order valence-corrected chi connectivity index (χ0v) is 15.9. The third kappa shape index (κ3) is 3.88. The Labute approximate surface area is 159 Å². The Kier molecular flexibility index (Phi) is 4.94. The Morgan fingerprint density at radius 2 is 2.04 bits per heavy atom. The summed E-state index contributed by atoms with van der Waals surface area (Å²) in [6.07, 6.45) is 3.72. The van der Waals surface area contributed by atoms with E-state index in [1.807, 2.05) is 50.4 Å². The summed E-state index contributed by atoms with van der Waals surface area (Å²) in [6, 6.07) is 12.3. The van der Waals surface area contributed by atoms with Crippen LogP contribution in [0, 0.1) is 13.8 Å². The number of likely N-dealkylation sites (tertiary alicyclic amines) is 1. The quantitative estimate of drug-likeness (QED) is 0.765. The average Bonchev–Trinajstić information content (AvgIpc) is 3.00. The van der Waals surface area contributed by atoms with Gasteiger partial charge in [-0.25, -0.2) is 0 Å². The van der Waals surface area contributed by atoms with Gasteiger partial charge in [0.05, 0.1) is 5.69 Å². The number of hydrogen-bond acceptors (Lipinski definition) is 4. The number of fused-ring (bicyclic) bond motifs is 1. The molecule has 1 N–H and O–H groups in total. The first kappa shape index (κ1) is 17.7. The van der Waals surface area contributed by atoms with Crippen LogP contribution in [0.2, 0.25) is 0 Å². The van der Waals surface area contributed by atoms with E-state index in [9.17, 15) is 4.79 Å². The summed E-state index contributed by atoms with van der Waals surface area (Å²) < 4.78 is 5.85. The highest BCUT2D eigenvalue weighted by molar-refractivity contribution is 5.99. The minimum atomic E-state index is -0.107. The van der Waals surface area contributed by atoms with Gasteiger partial charge in [-0.3, -0.25) is 14.7 Å². The van der Waals surface area contributed by atoms with Crippen molar-refractivity contribution in [3.8, 4) is 0 Å². The average molecular weight is 363 g/mol. The lowest BCUT2D eigenvalue weighted by atomic mass is 10.0. The SMILES string of the molecule is Cc1ccc2c(C)c(C(=O)NC3CCN(Cc4ccccn4)CC3)oc2c1. The van der Waals surface area contributed by atoms with E-state index >= 15 is 0 Å². The number of aromatic nitrogens is 1. The van der Waals surface area contributed by atoms with Crippen molar-refractivity contribution < 1.29 is 9.21 Å². The number of hydrogen-bond donors (Lipinski definition) is 1. The van der Waals surface area contributed by atoms with E-state index in [4.69, 9.17) is 4.42 Å². The van der Waals surface area contributed by atoms with Crippen molar-refractivity contribution in [2.45, 2.75) is 39.3 Å². The number of pyridine rings is 1. The van der Waals surface area contributed by atoms with Crippen molar-refractivity contribution in [1.29, 1.82) is 0 Å². The maximum Gasteiger partial charge on any atom is 0.287 e. The maximum absolute atomic E-state index is 12.7. The van der Waals surface area contributed by atoms with Gasteiger partial charge in [-0.1, -0.05) is 18.2 Å².